The van der Waals surface area contributed by atoms with Gasteiger partial charge in [-0.15, -0.1) is 22.7 Å². The molecule has 0 radical (unpaired) electrons. The zero-order valence-corrected chi connectivity index (χ0v) is 15.8. The molecule has 4 N–H and O–H groups in total. The minimum atomic E-state index is -0.412. The second kappa shape index (κ2) is 7.67. The van der Waals surface area contributed by atoms with Gasteiger partial charge in [0.2, 0.25) is 5.91 Å². The minimum absolute atomic E-state index is 0.0513. The number of rotatable bonds is 6. The first-order valence-corrected chi connectivity index (χ1v) is 10.2. The number of primary amides is 1. The molecule has 0 spiro atoms. The summed E-state index contributed by atoms with van der Waals surface area (Å²) in [4.78, 5) is 24.3. The Morgan fingerprint density at radius 2 is 2.15 bits per heavy atom. The number of thiophene rings is 2. The summed E-state index contributed by atoms with van der Waals surface area (Å²) in [5.41, 5.74) is 6.42. The molecule has 1 aliphatic rings. The maximum atomic E-state index is 11.3. The zero-order chi connectivity index (χ0) is 17.9. The molecular formula is C17H20N5O2S2+. The molecule has 0 aromatic carbocycles. The molecule has 0 atom stereocenters. The summed E-state index contributed by atoms with van der Waals surface area (Å²) in [7, 11) is 0. The van der Waals surface area contributed by atoms with Crippen LogP contribution in [-0.4, -0.2) is 48.7 Å². The van der Waals surface area contributed by atoms with Crippen LogP contribution in [0.25, 0.3) is 20.7 Å². The molecule has 3 aromatic rings. The second-order valence-corrected chi connectivity index (χ2v) is 7.96. The number of fused-ring (bicyclic) bond motifs is 1. The fourth-order valence-corrected chi connectivity index (χ4v) is 4.82. The lowest BCUT2D eigenvalue weighted by molar-refractivity contribution is -0.922. The van der Waals surface area contributed by atoms with Gasteiger partial charge in [-0.3, -0.25) is 4.79 Å². The number of nitrogens with zero attached hydrogens (tertiary/aromatic N) is 2. The summed E-state index contributed by atoms with van der Waals surface area (Å²) >= 11 is 3.28. The molecule has 7 nitrogen and oxygen atoms in total. The van der Waals surface area contributed by atoms with Crippen LogP contribution in [0.5, 0.6) is 0 Å². The molecule has 0 saturated carbocycles. The van der Waals surface area contributed by atoms with E-state index in [1.54, 1.807) is 22.7 Å². The molecule has 0 unspecified atom stereocenters. The van der Waals surface area contributed by atoms with Crippen molar-refractivity contribution in [2.75, 3.05) is 38.2 Å². The van der Waals surface area contributed by atoms with Crippen LogP contribution in [0.15, 0.2) is 22.9 Å². The summed E-state index contributed by atoms with van der Waals surface area (Å²) < 4.78 is 5.42. The van der Waals surface area contributed by atoms with Crippen molar-refractivity contribution in [3.05, 3.63) is 28.7 Å². The Morgan fingerprint density at radius 1 is 1.31 bits per heavy atom. The van der Waals surface area contributed by atoms with Gasteiger partial charge in [0.1, 0.15) is 30.3 Å². The maximum absolute atomic E-state index is 11.3. The standard InChI is InChI=1S/C17H19N5O2S2/c18-13(23)8-19-16-15-11(12-2-1-7-25-12)10-26-17(15)21-14(20-16)9-22-3-5-24-6-4-22/h1-2,7,10H,3-6,8-9H2,(H2,18,23)(H,19,20,21)/p+1. The predicted molar refractivity (Wildman–Crippen MR) is 104 cm³/mol. The van der Waals surface area contributed by atoms with Gasteiger partial charge in [-0.25, -0.2) is 9.97 Å². The summed E-state index contributed by atoms with van der Waals surface area (Å²) in [6, 6.07) is 4.10. The molecule has 0 bridgehead atoms. The van der Waals surface area contributed by atoms with Crippen molar-refractivity contribution in [2.45, 2.75) is 6.54 Å². The van der Waals surface area contributed by atoms with Crippen LogP contribution in [0.2, 0.25) is 0 Å². The molecule has 26 heavy (non-hydrogen) atoms. The van der Waals surface area contributed by atoms with Gasteiger partial charge in [0.15, 0.2) is 5.82 Å². The summed E-state index contributed by atoms with van der Waals surface area (Å²) in [5, 5.41) is 8.21. The van der Waals surface area contributed by atoms with Crippen LogP contribution < -0.4 is 16.0 Å². The minimum Gasteiger partial charge on any atom is -0.370 e. The predicted octanol–water partition coefficient (Wildman–Crippen LogP) is 0.732. The van der Waals surface area contributed by atoms with Gasteiger partial charge in [0.25, 0.3) is 0 Å². The third-order valence-electron chi connectivity index (χ3n) is 4.30. The van der Waals surface area contributed by atoms with Gasteiger partial charge in [-0.1, -0.05) is 6.07 Å². The lowest BCUT2D eigenvalue weighted by Gasteiger charge is -2.23. The number of ether oxygens (including phenoxy) is 1. The van der Waals surface area contributed by atoms with Gasteiger partial charge in [-0.05, 0) is 11.4 Å². The van der Waals surface area contributed by atoms with Crippen molar-refractivity contribution in [1.82, 2.24) is 9.97 Å². The van der Waals surface area contributed by atoms with E-state index in [4.69, 9.17) is 20.4 Å². The van der Waals surface area contributed by atoms with Crippen molar-refractivity contribution in [2.24, 2.45) is 5.73 Å². The lowest BCUT2D eigenvalue weighted by Crippen LogP contribution is -3.12. The maximum Gasteiger partial charge on any atom is 0.236 e. The van der Waals surface area contributed by atoms with Crippen molar-refractivity contribution in [3.8, 4) is 10.4 Å². The van der Waals surface area contributed by atoms with Crippen molar-refractivity contribution >= 4 is 44.6 Å². The summed E-state index contributed by atoms with van der Waals surface area (Å²) in [6.07, 6.45) is 0. The van der Waals surface area contributed by atoms with E-state index in [0.29, 0.717) is 5.82 Å². The molecule has 4 heterocycles. The van der Waals surface area contributed by atoms with Gasteiger partial charge >= 0.3 is 0 Å². The first-order chi connectivity index (χ1) is 12.7. The smallest absolute Gasteiger partial charge is 0.236 e. The van der Waals surface area contributed by atoms with E-state index < -0.39 is 5.91 Å². The number of quaternary nitrogens is 1. The molecule has 1 fully saturated rings. The Bertz CT molecular complexity index is 903. The molecule has 9 heteroatoms. The third-order valence-corrected chi connectivity index (χ3v) is 6.08. The van der Waals surface area contributed by atoms with E-state index in [1.165, 1.54) is 4.90 Å². The highest BCUT2D eigenvalue weighted by molar-refractivity contribution is 7.18. The summed E-state index contributed by atoms with van der Waals surface area (Å²) in [5.74, 6) is 1.05. The fraction of sp³-hybridized carbons (Fsp3) is 0.353. The number of anilines is 1. The number of nitrogens with two attached hydrogens (primary N) is 1. The highest BCUT2D eigenvalue weighted by Gasteiger charge is 2.20. The largest absolute Gasteiger partial charge is 0.370 e. The molecule has 0 aliphatic carbocycles. The number of amides is 1. The molecular weight excluding hydrogens is 370 g/mol. The first kappa shape index (κ1) is 17.3. The Labute approximate surface area is 158 Å². The second-order valence-electron chi connectivity index (χ2n) is 6.15. The van der Waals surface area contributed by atoms with Gasteiger partial charge < -0.3 is 20.7 Å². The zero-order valence-electron chi connectivity index (χ0n) is 14.2. The molecule has 1 amide bonds. The average Bonchev–Trinajstić information content (AvgIpc) is 3.29. The van der Waals surface area contributed by atoms with Gasteiger partial charge in [0.05, 0.1) is 25.1 Å². The van der Waals surface area contributed by atoms with Gasteiger partial charge in [0, 0.05) is 15.8 Å². The highest BCUT2D eigenvalue weighted by atomic mass is 32.1. The molecule has 1 aliphatic heterocycles. The van der Waals surface area contributed by atoms with Crippen LogP contribution in [0.3, 0.4) is 0 Å². The first-order valence-electron chi connectivity index (χ1n) is 8.46. The van der Waals surface area contributed by atoms with Crippen LogP contribution in [0, 0.1) is 0 Å². The number of hydrogen-bond donors (Lipinski definition) is 3. The Morgan fingerprint density at radius 3 is 2.88 bits per heavy atom. The molecule has 3 aromatic heterocycles. The quantitative estimate of drug-likeness (QED) is 0.577. The third kappa shape index (κ3) is 3.70. The molecule has 4 rings (SSSR count). The van der Waals surface area contributed by atoms with Crippen LogP contribution in [0.1, 0.15) is 5.82 Å². The van der Waals surface area contributed by atoms with E-state index in [-0.39, 0.29) is 6.54 Å². The van der Waals surface area contributed by atoms with E-state index in [1.807, 2.05) is 11.4 Å². The molecule has 136 valence electrons. The van der Waals surface area contributed by atoms with E-state index in [2.05, 4.69) is 16.8 Å². The monoisotopic (exact) mass is 390 g/mol. The van der Waals surface area contributed by atoms with Crippen LogP contribution in [-0.2, 0) is 16.1 Å². The number of carbonyl (C=O) groups excluding carboxylic acids is 1. The lowest BCUT2D eigenvalue weighted by atomic mass is 10.2. The van der Waals surface area contributed by atoms with E-state index in [9.17, 15) is 4.79 Å². The summed E-state index contributed by atoms with van der Waals surface area (Å²) in [6.45, 7) is 4.25. The average molecular weight is 391 g/mol. The molecule has 1 saturated heterocycles. The number of nitrogens with one attached hydrogen (secondary N) is 2. The normalized spacial score (nSPS) is 15.4. The topological polar surface area (TPSA) is 94.6 Å². The Hall–Kier alpha value is -2.07. The van der Waals surface area contributed by atoms with Gasteiger partial charge in [-0.2, -0.15) is 0 Å². The van der Waals surface area contributed by atoms with E-state index >= 15 is 0 Å². The fourth-order valence-electron chi connectivity index (χ4n) is 3.04. The van der Waals surface area contributed by atoms with Crippen LogP contribution >= 0.6 is 22.7 Å². The van der Waals surface area contributed by atoms with Crippen molar-refractivity contribution in [3.63, 3.8) is 0 Å². The van der Waals surface area contributed by atoms with Crippen molar-refractivity contribution < 1.29 is 14.4 Å². The Kier molecular flexibility index (Phi) is 5.11. The Balaban J connectivity index is 1.72. The van der Waals surface area contributed by atoms with Crippen LogP contribution in [0.4, 0.5) is 5.82 Å². The number of carbonyl (C=O) groups is 1. The van der Waals surface area contributed by atoms with E-state index in [0.717, 1.165) is 59.3 Å². The SMILES string of the molecule is NC(=O)CNc1nc(C[NH+]2CCOCC2)nc2scc(-c3cccs3)c12. The highest BCUT2D eigenvalue weighted by Crippen LogP contribution is 2.38. The van der Waals surface area contributed by atoms with Crippen molar-refractivity contribution in [1.29, 1.82) is 0 Å². The number of aromatic nitrogens is 2. The number of morpholine rings is 1. The number of hydrogen-bond acceptors (Lipinski definition) is 7.